The molecule has 0 heterocycles. The highest BCUT2D eigenvalue weighted by Gasteiger charge is 2.27. The Bertz CT molecular complexity index is 1690. The van der Waals surface area contributed by atoms with Crippen molar-refractivity contribution in [3.8, 4) is 5.75 Å². The van der Waals surface area contributed by atoms with Crippen LogP contribution in [0.1, 0.15) is 234 Å². The van der Waals surface area contributed by atoms with Crippen LogP contribution in [0.25, 0.3) is 32.3 Å². The van der Waals surface area contributed by atoms with E-state index in [1.165, 1.54) is 202 Å². The number of benzene rings is 4. The van der Waals surface area contributed by atoms with Crippen molar-refractivity contribution in [2.24, 2.45) is 0 Å². The summed E-state index contributed by atoms with van der Waals surface area (Å²) in [6, 6.07) is 13.0. The van der Waals surface area contributed by atoms with Crippen LogP contribution in [-0.2, 0) is 19.3 Å². The molecule has 4 rings (SSSR count). The number of rotatable bonds is 35. The van der Waals surface area contributed by atoms with Crippen LogP contribution in [0.15, 0.2) is 36.4 Å². The van der Waals surface area contributed by atoms with Gasteiger partial charge in [-0.15, -0.1) is 0 Å². The van der Waals surface area contributed by atoms with Crippen LogP contribution in [-0.4, -0.2) is 68.6 Å². The maximum Gasteiger partial charge on any atom is 0.133 e. The summed E-state index contributed by atoms with van der Waals surface area (Å²) in [4.78, 5) is 0. The average molecular weight is 913 g/mol. The van der Waals surface area contributed by atoms with Crippen molar-refractivity contribution in [3.63, 3.8) is 0 Å². The summed E-state index contributed by atoms with van der Waals surface area (Å²) >= 11 is 0. The number of unbranched alkanes of at least 4 members (excludes halogenated alkanes) is 11. The molecule has 6 heteroatoms. The van der Waals surface area contributed by atoms with E-state index in [1.807, 2.05) is 0 Å². The lowest BCUT2D eigenvalue weighted by Crippen LogP contribution is -2.50. The second-order valence-corrected chi connectivity index (χ2v) is 20.3. The molecule has 0 amide bonds. The highest BCUT2D eigenvalue weighted by atomic mass is 16.6. The highest BCUT2D eigenvalue weighted by molar-refractivity contribution is 6.31. The second-order valence-electron chi connectivity index (χ2n) is 20.3. The van der Waals surface area contributed by atoms with Gasteiger partial charge >= 0.3 is 0 Å². The first kappa shape index (κ1) is 59.7. The van der Waals surface area contributed by atoms with E-state index in [0.29, 0.717) is 5.75 Å². The third-order valence-corrected chi connectivity index (χ3v) is 14.6. The molecule has 0 aliphatic rings. The molecule has 0 radical (unpaired) electrons. The minimum Gasteiger partial charge on any atom is -0.860 e. The van der Waals surface area contributed by atoms with Gasteiger partial charge in [0.25, 0.3) is 0 Å². The molecule has 0 N–H and O–H groups in total. The molecule has 0 aliphatic heterocycles. The molecule has 5 nitrogen and oxygen atoms in total. The van der Waals surface area contributed by atoms with Crippen LogP contribution < -0.4 is 14.7 Å². The Morgan fingerprint density at radius 2 is 0.758 bits per heavy atom. The Balaban J connectivity index is 0.000000376. The average Bonchev–Trinajstić information content (AvgIpc) is 3.33. The molecule has 0 unspecified atom stereocenters. The van der Waals surface area contributed by atoms with E-state index in [-0.39, 0.29) is 0 Å². The fourth-order valence-corrected chi connectivity index (χ4v) is 10.5. The molecule has 0 saturated carbocycles. The van der Waals surface area contributed by atoms with Crippen LogP contribution >= 0.6 is 0 Å². The maximum absolute atomic E-state index is 11.7. The summed E-state index contributed by atoms with van der Waals surface area (Å²) in [5.74, 6) is 0.534. The van der Waals surface area contributed by atoms with Crippen LogP contribution in [0.4, 0.5) is 0 Å². The molecule has 0 aliphatic carbocycles. The first-order valence-corrected chi connectivity index (χ1v) is 28.5. The van der Waals surface area contributed by atoms with E-state index < -0.39 is 7.32 Å². The second kappa shape index (κ2) is 34.8. The zero-order chi connectivity index (χ0) is 48.6. The van der Waals surface area contributed by atoms with Gasteiger partial charge in [-0.25, -0.2) is 0 Å². The Morgan fingerprint density at radius 3 is 1.14 bits per heavy atom. The van der Waals surface area contributed by atoms with Crippen LogP contribution in [0.5, 0.6) is 5.75 Å². The number of aryl methyl sites for hydroxylation is 2. The van der Waals surface area contributed by atoms with Crippen LogP contribution in [0, 0.1) is 0 Å². The molecule has 0 aromatic heterocycles. The number of nitrogens with zero attached hydrogens (tertiary/aromatic N) is 2. The van der Waals surface area contributed by atoms with Crippen molar-refractivity contribution in [1.82, 2.24) is 0 Å². The lowest BCUT2D eigenvalue weighted by molar-refractivity contribution is -0.929. The van der Waals surface area contributed by atoms with Gasteiger partial charge in [-0.1, -0.05) is 183 Å². The third kappa shape index (κ3) is 19.2. The lowest BCUT2D eigenvalue weighted by atomic mass is 9.82. The zero-order valence-corrected chi connectivity index (χ0v) is 45.5. The van der Waals surface area contributed by atoms with E-state index in [1.54, 1.807) is 0 Å². The summed E-state index contributed by atoms with van der Waals surface area (Å²) in [5, 5.41) is 30.6. The SMILES string of the molecule is CCCC[N+](CCCC)(CCCC)CCCC.CCCC[N+](CCCC)(CCCC)CCCC.CCCCc1c(OB([O-])[O-])c2ccc3cccc4cc(CCCC)c(c1CCCC)c2c34. The van der Waals surface area contributed by atoms with Crippen LogP contribution in [0.3, 0.4) is 0 Å². The van der Waals surface area contributed by atoms with Gasteiger partial charge in [-0.2, -0.15) is 0 Å². The van der Waals surface area contributed by atoms with E-state index in [4.69, 9.17) is 4.65 Å². The van der Waals surface area contributed by atoms with Crippen molar-refractivity contribution in [2.75, 3.05) is 52.4 Å². The van der Waals surface area contributed by atoms with Gasteiger partial charge in [-0.3, -0.25) is 0 Å². The molecule has 376 valence electrons. The van der Waals surface area contributed by atoms with Crippen molar-refractivity contribution in [3.05, 3.63) is 53.1 Å². The maximum atomic E-state index is 11.7. The first-order chi connectivity index (χ1) is 32.1. The van der Waals surface area contributed by atoms with Gasteiger partial charge in [0.2, 0.25) is 0 Å². The van der Waals surface area contributed by atoms with Crippen molar-refractivity contribution in [1.29, 1.82) is 0 Å². The summed E-state index contributed by atoms with van der Waals surface area (Å²) in [7, 11) is -2.33. The summed E-state index contributed by atoms with van der Waals surface area (Å²) < 4.78 is 8.37. The number of hydrogen-bond acceptors (Lipinski definition) is 3. The molecule has 0 fully saturated rings. The molecule has 4 aromatic carbocycles. The minimum absolute atomic E-state index is 0.534. The predicted octanol–water partition coefficient (Wildman–Crippen LogP) is 15.7. The number of quaternary nitrogens is 2. The summed E-state index contributed by atoms with van der Waals surface area (Å²) in [5.41, 5.74) is 3.77. The Kier molecular flexibility index (Phi) is 31.5. The molecule has 0 bridgehead atoms. The van der Waals surface area contributed by atoms with Crippen molar-refractivity contribution >= 4 is 39.6 Å². The number of hydrogen-bond donors (Lipinski definition) is 0. The standard InChI is InChI=1S/C28H33BO3.2C16H36N/c1-4-7-11-21-18-20-13-10-12-19-16-17-24-27(25(19)20)26(21)22(14-8-5-2)23(15-9-6-3)28(24)32-29(30)31;2*1-5-9-13-17(14-10-6-2,15-11-7-3)16-12-8-4/h10,12-13,16-18H,4-9,11,14-15H2,1-3H3;2*5-16H2,1-4H3/q-2;2*+1. The van der Waals surface area contributed by atoms with Crippen LogP contribution in [0.2, 0.25) is 0 Å². The van der Waals surface area contributed by atoms with E-state index in [9.17, 15) is 10.0 Å². The Morgan fingerprint density at radius 1 is 0.394 bits per heavy atom. The molecule has 4 aromatic rings. The highest BCUT2D eigenvalue weighted by Crippen LogP contribution is 2.46. The van der Waals surface area contributed by atoms with Gasteiger partial charge in [0.1, 0.15) is 13.1 Å². The van der Waals surface area contributed by atoms with Gasteiger partial charge in [0, 0.05) is 10.8 Å². The largest absolute Gasteiger partial charge is 0.860 e. The Hall–Kier alpha value is -2.38. The van der Waals surface area contributed by atoms with E-state index >= 15 is 0 Å². The summed E-state index contributed by atoms with van der Waals surface area (Å²) in [6.07, 6.45) is 31.5. The zero-order valence-electron chi connectivity index (χ0n) is 45.5. The van der Waals surface area contributed by atoms with Crippen molar-refractivity contribution < 1.29 is 23.7 Å². The normalized spacial score (nSPS) is 11.9. The van der Waals surface area contributed by atoms with E-state index in [0.717, 1.165) is 68.7 Å². The molecule has 0 atom stereocenters. The first-order valence-electron chi connectivity index (χ1n) is 28.5. The van der Waals surface area contributed by atoms with Gasteiger partial charge in [0.15, 0.2) is 0 Å². The quantitative estimate of drug-likeness (QED) is 0.0262. The van der Waals surface area contributed by atoms with Gasteiger partial charge in [0.05, 0.1) is 52.4 Å². The Labute approximate surface area is 409 Å². The molecular weight excluding hydrogens is 807 g/mol. The van der Waals surface area contributed by atoms with Gasteiger partial charge < -0.3 is 23.7 Å². The van der Waals surface area contributed by atoms with Gasteiger partial charge in [-0.05, 0) is 128 Å². The molecule has 0 spiro atoms. The van der Waals surface area contributed by atoms with E-state index in [2.05, 4.69) is 113 Å². The molecule has 0 saturated heterocycles. The predicted molar refractivity (Wildman–Crippen MR) is 291 cm³/mol. The smallest absolute Gasteiger partial charge is 0.133 e. The fraction of sp³-hybridized carbons (Fsp3) is 0.733. The van der Waals surface area contributed by atoms with Crippen molar-refractivity contribution in [2.45, 2.75) is 237 Å². The fourth-order valence-electron chi connectivity index (χ4n) is 10.5. The summed E-state index contributed by atoms with van der Waals surface area (Å²) in [6.45, 7) is 36.7. The monoisotopic (exact) mass is 913 g/mol. The molecule has 66 heavy (non-hydrogen) atoms. The molecular formula is C60H105BN2O3. The topological polar surface area (TPSA) is 55.3 Å². The minimum atomic E-state index is -2.33. The third-order valence-electron chi connectivity index (χ3n) is 14.6. The lowest BCUT2D eigenvalue weighted by Gasteiger charge is -2.39.